The zero-order chi connectivity index (χ0) is 17.7. The Labute approximate surface area is 144 Å². The van der Waals surface area contributed by atoms with E-state index in [2.05, 4.69) is 5.32 Å². The van der Waals surface area contributed by atoms with Gasteiger partial charge in [0.2, 0.25) is 10.0 Å². The fraction of sp³-hybridized carbons (Fsp3) is 0.588. The van der Waals surface area contributed by atoms with Crippen LogP contribution in [-0.2, 0) is 10.0 Å². The largest absolute Gasteiger partial charge is 0.335 e. The molecule has 1 heterocycles. The molecule has 2 rings (SSSR count). The fourth-order valence-corrected chi connectivity index (χ4v) is 4.25. The Morgan fingerprint density at radius 1 is 1.25 bits per heavy atom. The zero-order valence-electron chi connectivity index (χ0n) is 14.7. The SMILES string of the molecule is Cc1ccccc1C(=O)N(CCS(=O)(=O)N1CCNCC1)C(C)C. The molecule has 7 heteroatoms. The monoisotopic (exact) mass is 353 g/mol. The van der Waals surface area contributed by atoms with Crippen molar-refractivity contribution in [2.75, 3.05) is 38.5 Å². The first-order valence-corrected chi connectivity index (χ1v) is 9.99. The second-order valence-corrected chi connectivity index (χ2v) is 8.46. The minimum Gasteiger partial charge on any atom is -0.335 e. The van der Waals surface area contributed by atoms with Gasteiger partial charge in [0.15, 0.2) is 0 Å². The maximum Gasteiger partial charge on any atom is 0.254 e. The first-order valence-electron chi connectivity index (χ1n) is 8.38. The summed E-state index contributed by atoms with van der Waals surface area (Å²) in [5.74, 6) is -0.151. The summed E-state index contributed by atoms with van der Waals surface area (Å²) in [6.45, 7) is 8.26. The third-order valence-electron chi connectivity index (χ3n) is 4.32. The summed E-state index contributed by atoms with van der Waals surface area (Å²) in [4.78, 5) is 14.4. The van der Waals surface area contributed by atoms with Gasteiger partial charge >= 0.3 is 0 Å². The van der Waals surface area contributed by atoms with Crippen LogP contribution in [0.5, 0.6) is 0 Å². The molecule has 1 aliphatic rings. The molecule has 1 aliphatic heterocycles. The van der Waals surface area contributed by atoms with E-state index in [-0.39, 0.29) is 24.2 Å². The van der Waals surface area contributed by atoms with Gasteiger partial charge in [-0.05, 0) is 32.4 Å². The smallest absolute Gasteiger partial charge is 0.254 e. The van der Waals surface area contributed by atoms with Gasteiger partial charge in [-0.25, -0.2) is 8.42 Å². The molecule has 1 saturated heterocycles. The molecule has 0 aliphatic carbocycles. The van der Waals surface area contributed by atoms with E-state index in [0.717, 1.165) is 5.56 Å². The van der Waals surface area contributed by atoms with Crippen molar-refractivity contribution in [3.05, 3.63) is 35.4 Å². The van der Waals surface area contributed by atoms with Crippen LogP contribution in [0.4, 0.5) is 0 Å². The summed E-state index contributed by atoms with van der Waals surface area (Å²) in [5.41, 5.74) is 1.53. The number of nitrogens with one attached hydrogen (secondary N) is 1. The van der Waals surface area contributed by atoms with Crippen molar-refractivity contribution < 1.29 is 13.2 Å². The summed E-state index contributed by atoms with van der Waals surface area (Å²) >= 11 is 0. The minimum atomic E-state index is -3.34. The molecule has 6 nitrogen and oxygen atoms in total. The van der Waals surface area contributed by atoms with E-state index in [0.29, 0.717) is 31.7 Å². The second-order valence-electron chi connectivity index (χ2n) is 6.37. The van der Waals surface area contributed by atoms with E-state index in [9.17, 15) is 13.2 Å². The van der Waals surface area contributed by atoms with E-state index in [1.165, 1.54) is 4.31 Å². The lowest BCUT2D eigenvalue weighted by atomic mass is 10.1. The van der Waals surface area contributed by atoms with Crippen molar-refractivity contribution in [2.24, 2.45) is 0 Å². The number of piperazine rings is 1. The van der Waals surface area contributed by atoms with Gasteiger partial charge in [-0.2, -0.15) is 4.31 Å². The first kappa shape index (κ1) is 18.9. The van der Waals surface area contributed by atoms with Gasteiger partial charge in [-0.3, -0.25) is 4.79 Å². The number of sulfonamides is 1. The molecule has 0 spiro atoms. The van der Waals surface area contributed by atoms with Gasteiger partial charge in [0.05, 0.1) is 5.75 Å². The van der Waals surface area contributed by atoms with E-state index in [1.807, 2.05) is 39.0 Å². The molecule has 134 valence electrons. The van der Waals surface area contributed by atoms with Crippen molar-refractivity contribution >= 4 is 15.9 Å². The third kappa shape index (κ3) is 4.55. The molecule has 1 fully saturated rings. The van der Waals surface area contributed by atoms with Crippen molar-refractivity contribution in [3.63, 3.8) is 0 Å². The fourth-order valence-electron chi connectivity index (χ4n) is 2.83. The molecule has 1 amide bonds. The Bertz CT molecular complexity index is 667. The number of nitrogens with zero attached hydrogens (tertiary/aromatic N) is 2. The van der Waals surface area contributed by atoms with Crippen LogP contribution in [-0.4, -0.2) is 68.0 Å². The number of carbonyl (C=O) groups excluding carboxylic acids is 1. The zero-order valence-corrected chi connectivity index (χ0v) is 15.5. The van der Waals surface area contributed by atoms with Crippen LogP contribution in [0, 0.1) is 6.92 Å². The lowest BCUT2D eigenvalue weighted by Crippen LogP contribution is -2.49. The van der Waals surface area contributed by atoms with E-state index in [4.69, 9.17) is 0 Å². The van der Waals surface area contributed by atoms with Crippen LogP contribution in [0.15, 0.2) is 24.3 Å². The van der Waals surface area contributed by atoms with Gasteiger partial charge in [0.25, 0.3) is 5.91 Å². The molecular formula is C17H27N3O3S. The molecule has 1 N–H and O–H groups in total. The maximum absolute atomic E-state index is 12.8. The van der Waals surface area contributed by atoms with Gasteiger partial charge < -0.3 is 10.2 Å². The van der Waals surface area contributed by atoms with E-state index >= 15 is 0 Å². The van der Waals surface area contributed by atoms with Crippen molar-refractivity contribution in [2.45, 2.75) is 26.8 Å². The highest BCUT2D eigenvalue weighted by Gasteiger charge is 2.27. The molecule has 0 aromatic heterocycles. The lowest BCUT2D eigenvalue weighted by Gasteiger charge is -2.30. The molecule has 0 radical (unpaired) electrons. The van der Waals surface area contributed by atoms with Crippen LogP contribution in [0.3, 0.4) is 0 Å². The Kier molecular flexibility index (Phi) is 6.37. The molecule has 1 aromatic carbocycles. The van der Waals surface area contributed by atoms with Crippen molar-refractivity contribution in [3.8, 4) is 0 Å². The lowest BCUT2D eigenvalue weighted by molar-refractivity contribution is 0.0717. The molecule has 0 unspecified atom stereocenters. The van der Waals surface area contributed by atoms with Crippen LogP contribution >= 0.6 is 0 Å². The molecule has 0 bridgehead atoms. The predicted octanol–water partition coefficient (Wildman–Crippen LogP) is 1.08. The number of hydrogen-bond acceptors (Lipinski definition) is 4. The van der Waals surface area contributed by atoms with Crippen LogP contribution in [0.1, 0.15) is 29.8 Å². The van der Waals surface area contributed by atoms with Crippen molar-refractivity contribution in [1.29, 1.82) is 0 Å². The summed E-state index contributed by atoms with van der Waals surface area (Å²) in [7, 11) is -3.34. The predicted molar refractivity (Wildman–Crippen MR) is 95.6 cm³/mol. The molecular weight excluding hydrogens is 326 g/mol. The van der Waals surface area contributed by atoms with Crippen LogP contribution in [0.2, 0.25) is 0 Å². The summed E-state index contributed by atoms with van der Waals surface area (Å²) < 4.78 is 26.5. The van der Waals surface area contributed by atoms with Gasteiger partial charge in [0, 0.05) is 44.3 Å². The minimum absolute atomic E-state index is 0.0389. The summed E-state index contributed by atoms with van der Waals surface area (Å²) in [6, 6.07) is 7.34. The topological polar surface area (TPSA) is 69.7 Å². The molecule has 1 aromatic rings. The summed E-state index contributed by atoms with van der Waals surface area (Å²) in [6.07, 6.45) is 0. The Balaban J connectivity index is 2.09. The quantitative estimate of drug-likeness (QED) is 0.831. The average Bonchev–Trinajstić information content (AvgIpc) is 2.55. The number of aryl methyl sites for hydroxylation is 1. The highest BCUT2D eigenvalue weighted by Crippen LogP contribution is 2.14. The van der Waals surface area contributed by atoms with Gasteiger partial charge in [-0.1, -0.05) is 18.2 Å². The highest BCUT2D eigenvalue weighted by atomic mass is 32.2. The van der Waals surface area contributed by atoms with Crippen molar-refractivity contribution in [1.82, 2.24) is 14.5 Å². The number of rotatable bonds is 6. The highest BCUT2D eigenvalue weighted by molar-refractivity contribution is 7.89. The molecule has 0 atom stereocenters. The maximum atomic E-state index is 12.8. The van der Waals surface area contributed by atoms with E-state index in [1.54, 1.807) is 11.0 Å². The van der Waals surface area contributed by atoms with E-state index < -0.39 is 10.0 Å². The molecule has 24 heavy (non-hydrogen) atoms. The van der Waals surface area contributed by atoms with Gasteiger partial charge in [-0.15, -0.1) is 0 Å². The van der Waals surface area contributed by atoms with Crippen LogP contribution < -0.4 is 5.32 Å². The second kappa shape index (κ2) is 8.09. The molecule has 0 saturated carbocycles. The Hall–Kier alpha value is -1.44. The number of carbonyl (C=O) groups is 1. The number of hydrogen-bond donors (Lipinski definition) is 1. The number of amides is 1. The van der Waals surface area contributed by atoms with Crippen LogP contribution in [0.25, 0.3) is 0 Å². The Morgan fingerprint density at radius 3 is 2.46 bits per heavy atom. The first-order chi connectivity index (χ1) is 11.3. The normalized spacial score (nSPS) is 16.3. The average molecular weight is 353 g/mol. The third-order valence-corrected chi connectivity index (χ3v) is 6.17. The number of benzene rings is 1. The standard InChI is InChI=1S/C17H27N3O3S/c1-14(2)20(17(21)16-7-5-4-6-15(16)3)12-13-24(22,23)19-10-8-18-9-11-19/h4-7,14,18H,8-13H2,1-3H3. The summed E-state index contributed by atoms with van der Waals surface area (Å²) in [5, 5.41) is 3.15. The van der Waals surface area contributed by atoms with Gasteiger partial charge in [0.1, 0.15) is 0 Å². The Morgan fingerprint density at radius 2 is 1.88 bits per heavy atom.